The number of amides is 2. The molecule has 6 rings (SSSR count). The predicted molar refractivity (Wildman–Crippen MR) is 170 cm³/mol. The molecule has 47 heavy (non-hydrogen) atoms. The summed E-state index contributed by atoms with van der Waals surface area (Å²) in [7, 11) is 3.24. The maximum atomic E-state index is 11.2. The van der Waals surface area contributed by atoms with E-state index in [-0.39, 0.29) is 30.1 Å². The first-order valence-electron chi connectivity index (χ1n) is 14.9. The second-order valence-corrected chi connectivity index (χ2v) is 10.7. The SMILES string of the molecule is COc1ccc(-c2noc(N3CCC(C(N)=O)CC3)n2)cc1.COc1ccc(-c2noc(N3CCC(C(N)=O)CC3)n2)cc1.O=CO. The number of primary amides is 2. The van der Waals surface area contributed by atoms with Crippen LogP contribution in [0.3, 0.4) is 0 Å². The standard InChI is InChI=1S/2C15H18N4O3.CH2O2/c2*1-21-12-4-2-11(3-5-12)14-17-15(22-18-14)19-8-6-10(7-9-19)13(16)20;2-1-3/h2*2-5,10H,6-9H2,1H3,(H2,16,20);1H,(H,2,3). The van der Waals surface area contributed by atoms with Gasteiger partial charge in [-0.3, -0.25) is 14.4 Å². The normalized spacial score (nSPS) is 15.0. The quantitative estimate of drug-likeness (QED) is 0.233. The van der Waals surface area contributed by atoms with Crippen LogP contribution >= 0.6 is 0 Å². The van der Waals surface area contributed by atoms with Crippen LogP contribution in [0.5, 0.6) is 11.5 Å². The first kappa shape index (κ1) is 34.2. The highest BCUT2D eigenvalue weighted by molar-refractivity contribution is 5.77. The van der Waals surface area contributed by atoms with Crippen molar-refractivity contribution < 1.29 is 38.0 Å². The summed E-state index contributed by atoms with van der Waals surface area (Å²) in [5.74, 6) is 2.06. The average Bonchev–Trinajstić information content (AvgIpc) is 3.81. The number of carboxylic acid groups (broad SMARTS) is 1. The number of benzene rings is 2. The molecule has 0 saturated carbocycles. The monoisotopic (exact) mass is 650 g/mol. The van der Waals surface area contributed by atoms with Crippen molar-refractivity contribution in [2.24, 2.45) is 23.3 Å². The molecule has 4 heterocycles. The zero-order valence-electron chi connectivity index (χ0n) is 26.2. The van der Waals surface area contributed by atoms with E-state index in [4.69, 9.17) is 39.9 Å². The van der Waals surface area contributed by atoms with Crippen LogP contribution in [0.25, 0.3) is 22.8 Å². The number of ether oxygens (including phenoxy) is 2. The summed E-state index contributed by atoms with van der Waals surface area (Å²) in [5.41, 5.74) is 12.4. The highest BCUT2D eigenvalue weighted by atomic mass is 16.5. The van der Waals surface area contributed by atoms with Gasteiger partial charge in [0.15, 0.2) is 0 Å². The van der Waals surface area contributed by atoms with Gasteiger partial charge in [-0.05, 0) is 74.2 Å². The molecule has 16 nitrogen and oxygen atoms in total. The Kier molecular flexibility index (Phi) is 12.1. The molecule has 0 bridgehead atoms. The van der Waals surface area contributed by atoms with E-state index in [2.05, 4.69) is 20.3 Å². The minimum absolute atomic E-state index is 0.0553. The number of aromatic nitrogens is 4. The lowest BCUT2D eigenvalue weighted by Crippen LogP contribution is -2.38. The van der Waals surface area contributed by atoms with E-state index in [1.54, 1.807) is 14.2 Å². The first-order chi connectivity index (χ1) is 22.8. The van der Waals surface area contributed by atoms with Crippen molar-refractivity contribution in [3.05, 3.63) is 48.5 Å². The first-order valence-corrected chi connectivity index (χ1v) is 14.9. The molecule has 2 aromatic carbocycles. The minimum atomic E-state index is -0.250. The molecule has 0 spiro atoms. The van der Waals surface area contributed by atoms with Gasteiger partial charge in [0.05, 0.1) is 14.2 Å². The third-order valence-electron chi connectivity index (χ3n) is 7.86. The Hall–Kier alpha value is -5.67. The number of methoxy groups -OCH3 is 2. The number of anilines is 2. The number of carbonyl (C=O) groups is 3. The number of nitrogens with zero attached hydrogens (tertiary/aromatic N) is 6. The summed E-state index contributed by atoms with van der Waals surface area (Å²) in [6, 6.07) is 15.9. The fourth-order valence-corrected chi connectivity index (χ4v) is 5.11. The molecule has 0 atom stereocenters. The Morgan fingerprint density at radius 2 is 1.04 bits per heavy atom. The molecule has 0 aliphatic carbocycles. The number of hydrogen-bond acceptors (Lipinski definition) is 13. The maximum Gasteiger partial charge on any atom is 0.324 e. The highest BCUT2D eigenvalue weighted by Gasteiger charge is 2.27. The summed E-state index contributed by atoms with van der Waals surface area (Å²) in [6.07, 6.45) is 2.87. The number of nitrogens with two attached hydrogens (primary N) is 2. The molecule has 0 radical (unpaired) electrons. The van der Waals surface area contributed by atoms with Gasteiger partial charge in [-0.2, -0.15) is 9.97 Å². The van der Waals surface area contributed by atoms with Gasteiger partial charge in [-0.15, -0.1) is 0 Å². The van der Waals surface area contributed by atoms with Gasteiger partial charge >= 0.3 is 12.0 Å². The molecule has 5 N–H and O–H groups in total. The fraction of sp³-hybridized carbons (Fsp3) is 0.387. The number of carbonyl (C=O) groups excluding carboxylic acids is 2. The van der Waals surface area contributed by atoms with E-state index in [1.165, 1.54) is 0 Å². The number of hydrogen-bond donors (Lipinski definition) is 3. The van der Waals surface area contributed by atoms with Crippen LogP contribution in [0.2, 0.25) is 0 Å². The molecule has 2 fully saturated rings. The Bertz CT molecular complexity index is 1460. The lowest BCUT2D eigenvalue weighted by molar-refractivity contribution is -0.123. The highest BCUT2D eigenvalue weighted by Crippen LogP contribution is 2.27. The largest absolute Gasteiger partial charge is 0.497 e. The molecule has 2 aromatic heterocycles. The van der Waals surface area contributed by atoms with Crippen molar-refractivity contribution in [3.8, 4) is 34.3 Å². The van der Waals surface area contributed by atoms with Gasteiger partial charge in [-0.25, -0.2) is 0 Å². The molecule has 0 unspecified atom stereocenters. The average molecular weight is 651 g/mol. The molecule has 2 aliphatic heterocycles. The predicted octanol–water partition coefficient (Wildman–Crippen LogP) is 2.59. The van der Waals surface area contributed by atoms with Gasteiger partial charge in [-0.1, -0.05) is 10.3 Å². The number of rotatable bonds is 8. The lowest BCUT2D eigenvalue weighted by atomic mass is 9.97. The lowest BCUT2D eigenvalue weighted by Gasteiger charge is -2.28. The Morgan fingerprint density at radius 3 is 1.32 bits per heavy atom. The summed E-state index contributed by atoms with van der Waals surface area (Å²) in [5, 5.41) is 14.9. The molecule has 4 aromatic rings. The van der Waals surface area contributed by atoms with Crippen LogP contribution in [0.4, 0.5) is 12.0 Å². The van der Waals surface area contributed by atoms with E-state index < -0.39 is 0 Å². The molecule has 16 heteroatoms. The zero-order valence-corrected chi connectivity index (χ0v) is 26.2. The van der Waals surface area contributed by atoms with Crippen molar-refractivity contribution in [2.45, 2.75) is 25.7 Å². The smallest absolute Gasteiger partial charge is 0.324 e. The second-order valence-electron chi connectivity index (χ2n) is 10.7. The molecule has 2 amide bonds. The van der Waals surface area contributed by atoms with Crippen molar-refractivity contribution in [2.75, 3.05) is 50.2 Å². The van der Waals surface area contributed by atoms with E-state index in [1.807, 2.05) is 58.3 Å². The van der Waals surface area contributed by atoms with Crippen molar-refractivity contribution in [3.63, 3.8) is 0 Å². The maximum absolute atomic E-state index is 11.2. The van der Waals surface area contributed by atoms with Crippen LogP contribution in [-0.4, -0.2) is 84.1 Å². The van der Waals surface area contributed by atoms with Crippen LogP contribution in [0.15, 0.2) is 57.6 Å². The summed E-state index contributed by atoms with van der Waals surface area (Å²) in [6.45, 7) is 2.52. The van der Waals surface area contributed by atoms with Crippen molar-refractivity contribution in [1.82, 2.24) is 20.3 Å². The third kappa shape index (κ3) is 9.18. The van der Waals surface area contributed by atoms with E-state index in [9.17, 15) is 9.59 Å². The van der Waals surface area contributed by atoms with E-state index in [0.717, 1.165) is 48.3 Å². The minimum Gasteiger partial charge on any atom is -0.497 e. The van der Waals surface area contributed by atoms with Gasteiger partial charge in [0, 0.05) is 49.1 Å². The Labute approximate surface area is 270 Å². The molecular formula is C31H38N8O8. The molecular weight excluding hydrogens is 612 g/mol. The fourth-order valence-electron chi connectivity index (χ4n) is 5.11. The topological polar surface area (TPSA) is 226 Å². The van der Waals surface area contributed by atoms with Crippen molar-refractivity contribution >= 4 is 30.3 Å². The third-order valence-corrected chi connectivity index (χ3v) is 7.86. The summed E-state index contributed by atoms with van der Waals surface area (Å²) in [4.78, 5) is 43.5. The summed E-state index contributed by atoms with van der Waals surface area (Å²) < 4.78 is 20.9. The molecule has 2 aliphatic rings. The van der Waals surface area contributed by atoms with Crippen LogP contribution < -0.4 is 30.7 Å². The van der Waals surface area contributed by atoms with Crippen LogP contribution in [-0.2, 0) is 14.4 Å². The zero-order chi connectivity index (χ0) is 33.8. The second kappa shape index (κ2) is 16.6. The van der Waals surface area contributed by atoms with Gasteiger partial charge in [0.25, 0.3) is 6.47 Å². The summed E-state index contributed by atoms with van der Waals surface area (Å²) >= 11 is 0. The van der Waals surface area contributed by atoms with Crippen LogP contribution in [0.1, 0.15) is 25.7 Å². The van der Waals surface area contributed by atoms with E-state index >= 15 is 0 Å². The van der Waals surface area contributed by atoms with Crippen LogP contribution in [0, 0.1) is 11.8 Å². The van der Waals surface area contributed by atoms with E-state index in [0.29, 0.717) is 49.9 Å². The Balaban J connectivity index is 0.000000197. The van der Waals surface area contributed by atoms with Crippen molar-refractivity contribution in [1.29, 1.82) is 0 Å². The molecule has 2 saturated heterocycles. The Morgan fingerprint density at radius 1 is 0.723 bits per heavy atom. The van der Waals surface area contributed by atoms with Gasteiger partial charge in [0.2, 0.25) is 23.5 Å². The van der Waals surface area contributed by atoms with Gasteiger partial charge in [0.1, 0.15) is 11.5 Å². The molecule has 250 valence electrons. The van der Waals surface area contributed by atoms with Gasteiger partial charge < -0.3 is 44.9 Å². The number of piperidine rings is 2.